The third-order valence-corrected chi connectivity index (χ3v) is 4.10. The smallest absolute Gasteiger partial charge is 0.0917 e. The molecule has 1 atom stereocenters. The first-order valence-corrected chi connectivity index (χ1v) is 6.99. The quantitative estimate of drug-likeness (QED) is 0.815. The monoisotopic (exact) mass is 262 g/mol. The van der Waals surface area contributed by atoms with Crippen molar-refractivity contribution in [3.05, 3.63) is 29.3 Å². The van der Waals surface area contributed by atoms with Crippen molar-refractivity contribution in [2.45, 2.75) is 45.8 Å². The Hall–Kier alpha value is -1.06. The summed E-state index contributed by atoms with van der Waals surface area (Å²) >= 11 is 0. The minimum Gasteiger partial charge on any atom is -0.387 e. The number of rotatable bonds is 1. The second-order valence-corrected chi connectivity index (χ2v) is 6.77. The van der Waals surface area contributed by atoms with E-state index in [0.717, 1.165) is 6.54 Å². The van der Waals surface area contributed by atoms with Gasteiger partial charge in [0.15, 0.2) is 0 Å². The predicted octanol–water partition coefficient (Wildman–Crippen LogP) is 2.24. The average Bonchev–Trinajstić information content (AvgIpc) is 2.39. The van der Waals surface area contributed by atoms with E-state index in [1.807, 2.05) is 6.92 Å². The van der Waals surface area contributed by atoms with Gasteiger partial charge in [-0.2, -0.15) is 0 Å². The average molecular weight is 262 g/mol. The van der Waals surface area contributed by atoms with Gasteiger partial charge in [-0.15, -0.1) is 0 Å². The molecule has 0 amide bonds. The number of nitrogens with one attached hydrogen (secondary N) is 1. The third-order valence-electron chi connectivity index (χ3n) is 4.10. The first-order valence-electron chi connectivity index (χ1n) is 6.99. The molecule has 1 heterocycles. The Bertz CT molecular complexity index is 466. The van der Waals surface area contributed by atoms with Gasteiger partial charge < -0.3 is 15.3 Å². The normalized spacial score (nSPS) is 27.2. The van der Waals surface area contributed by atoms with Crippen LogP contribution in [-0.2, 0) is 0 Å². The fourth-order valence-corrected chi connectivity index (χ4v) is 2.68. The molecule has 0 aliphatic carbocycles. The Kier molecular flexibility index (Phi) is 3.63. The zero-order chi connectivity index (χ0) is 14.3. The summed E-state index contributed by atoms with van der Waals surface area (Å²) in [6.45, 7) is 12.8. The number of benzene rings is 1. The van der Waals surface area contributed by atoms with Crippen LogP contribution in [0.5, 0.6) is 0 Å². The van der Waals surface area contributed by atoms with Crippen molar-refractivity contribution in [1.29, 1.82) is 0 Å². The van der Waals surface area contributed by atoms with Crippen LogP contribution in [0, 0.1) is 13.8 Å². The van der Waals surface area contributed by atoms with Gasteiger partial charge >= 0.3 is 0 Å². The molecule has 1 aliphatic heterocycles. The maximum Gasteiger partial charge on any atom is 0.0917 e. The summed E-state index contributed by atoms with van der Waals surface area (Å²) in [6, 6.07) is 6.54. The van der Waals surface area contributed by atoms with Gasteiger partial charge in [0.05, 0.1) is 5.60 Å². The van der Waals surface area contributed by atoms with Crippen molar-refractivity contribution in [3.63, 3.8) is 0 Å². The second kappa shape index (κ2) is 4.80. The van der Waals surface area contributed by atoms with E-state index in [-0.39, 0.29) is 5.54 Å². The number of aryl methyl sites for hydroxylation is 2. The Morgan fingerprint density at radius 3 is 2.42 bits per heavy atom. The zero-order valence-electron chi connectivity index (χ0n) is 12.7. The number of anilines is 1. The largest absolute Gasteiger partial charge is 0.387 e. The minimum absolute atomic E-state index is 0.0117. The number of β-amino-alcohol motifs (C(OH)–C–C–N with tert-alkyl or cyclic N) is 1. The molecule has 0 bridgehead atoms. The fraction of sp³-hybridized carbons (Fsp3) is 0.625. The number of nitrogens with zero attached hydrogens (tertiary/aromatic N) is 1. The van der Waals surface area contributed by atoms with Crippen molar-refractivity contribution in [1.82, 2.24) is 5.32 Å². The summed E-state index contributed by atoms with van der Waals surface area (Å²) in [5, 5.41) is 13.8. The molecule has 1 aromatic rings. The predicted molar refractivity (Wildman–Crippen MR) is 80.8 cm³/mol. The molecule has 1 aliphatic rings. The van der Waals surface area contributed by atoms with Crippen LogP contribution in [0.25, 0.3) is 0 Å². The van der Waals surface area contributed by atoms with Crippen LogP contribution in [0.4, 0.5) is 5.69 Å². The second-order valence-electron chi connectivity index (χ2n) is 6.77. The van der Waals surface area contributed by atoms with E-state index in [2.05, 4.69) is 56.1 Å². The Balaban J connectivity index is 2.39. The summed E-state index contributed by atoms with van der Waals surface area (Å²) < 4.78 is 0. The summed E-state index contributed by atoms with van der Waals surface area (Å²) in [5.74, 6) is 0. The van der Waals surface area contributed by atoms with Crippen LogP contribution in [0.1, 0.15) is 31.9 Å². The van der Waals surface area contributed by atoms with E-state index in [1.54, 1.807) is 0 Å². The van der Waals surface area contributed by atoms with Gasteiger partial charge in [-0.05, 0) is 57.9 Å². The van der Waals surface area contributed by atoms with Crippen molar-refractivity contribution < 1.29 is 5.11 Å². The number of aliphatic hydroxyl groups is 1. The van der Waals surface area contributed by atoms with Crippen LogP contribution in [0.15, 0.2) is 18.2 Å². The van der Waals surface area contributed by atoms with E-state index in [1.165, 1.54) is 16.8 Å². The van der Waals surface area contributed by atoms with Gasteiger partial charge in [0.25, 0.3) is 0 Å². The highest BCUT2D eigenvalue weighted by Gasteiger charge is 2.36. The number of hydrogen-bond donors (Lipinski definition) is 2. The highest BCUT2D eigenvalue weighted by Crippen LogP contribution is 2.29. The summed E-state index contributed by atoms with van der Waals surface area (Å²) in [7, 11) is 0. The SMILES string of the molecule is Cc1ccc(N2CC(C)(O)CNCC2(C)C)cc1C. The van der Waals surface area contributed by atoms with Gasteiger partial charge in [0.2, 0.25) is 0 Å². The molecule has 3 nitrogen and oxygen atoms in total. The molecule has 0 radical (unpaired) electrons. The van der Waals surface area contributed by atoms with E-state index in [0.29, 0.717) is 13.1 Å². The molecular weight excluding hydrogens is 236 g/mol. The fourth-order valence-electron chi connectivity index (χ4n) is 2.68. The van der Waals surface area contributed by atoms with Crippen LogP contribution < -0.4 is 10.2 Å². The standard InChI is InChI=1S/C16H26N2O/c1-12-6-7-14(8-13(12)2)18-11-16(5,19)10-17-9-15(18,3)4/h6-8,17,19H,9-11H2,1-5H3. The Morgan fingerprint density at radius 2 is 1.79 bits per heavy atom. The lowest BCUT2D eigenvalue weighted by Crippen LogP contribution is -2.51. The van der Waals surface area contributed by atoms with Crippen LogP contribution in [0.3, 0.4) is 0 Å². The van der Waals surface area contributed by atoms with E-state index in [4.69, 9.17) is 0 Å². The molecular formula is C16H26N2O. The number of hydrogen-bond acceptors (Lipinski definition) is 3. The molecule has 106 valence electrons. The maximum absolute atomic E-state index is 10.4. The molecule has 0 spiro atoms. The molecule has 1 fully saturated rings. The molecule has 2 N–H and O–H groups in total. The topological polar surface area (TPSA) is 35.5 Å². The first kappa shape index (κ1) is 14.4. The lowest BCUT2D eigenvalue weighted by atomic mass is 9.98. The molecule has 1 unspecified atom stereocenters. The molecule has 2 rings (SSSR count). The van der Waals surface area contributed by atoms with Crippen molar-refractivity contribution in [2.24, 2.45) is 0 Å². The minimum atomic E-state index is -0.702. The maximum atomic E-state index is 10.4. The zero-order valence-corrected chi connectivity index (χ0v) is 12.7. The van der Waals surface area contributed by atoms with Crippen LogP contribution >= 0.6 is 0 Å². The van der Waals surface area contributed by atoms with Gasteiger partial charge in [-0.1, -0.05) is 6.07 Å². The summed E-state index contributed by atoms with van der Waals surface area (Å²) in [6.07, 6.45) is 0. The Labute approximate surface area is 116 Å². The van der Waals surface area contributed by atoms with Gasteiger partial charge in [0.1, 0.15) is 0 Å². The molecule has 0 aromatic heterocycles. The Morgan fingerprint density at radius 1 is 1.11 bits per heavy atom. The van der Waals surface area contributed by atoms with E-state index in [9.17, 15) is 5.11 Å². The lowest BCUT2D eigenvalue weighted by Gasteiger charge is -2.41. The summed E-state index contributed by atoms with van der Waals surface area (Å²) in [5.41, 5.74) is 3.08. The van der Waals surface area contributed by atoms with Crippen molar-refractivity contribution in [2.75, 3.05) is 24.5 Å². The van der Waals surface area contributed by atoms with E-state index >= 15 is 0 Å². The van der Waals surface area contributed by atoms with Gasteiger partial charge in [-0.25, -0.2) is 0 Å². The lowest BCUT2D eigenvalue weighted by molar-refractivity contribution is 0.0720. The van der Waals surface area contributed by atoms with E-state index < -0.39 is 5.60 Å². The molecule has 3 heteroatoms. The summed E-state index contributed by atoms with van der Waals surface area (Å²) in [4.78, 5) is 2.32. The molecule has 19 heavy (non-hydrogen) atoms. The van der Waals surface area contributed by atoms with Gasteiger partial charge in [0, 0.05) is 30.9 Å². The van der Waals surface area contributed by atoms with Crippen molar-refractivity contribution >= 4 is 5.69 Å². The first-order chi connectivity index (χ1) is 8.71. The molecule has 0 saturated carbocycles. The van der Waals surface area contributed by atoms with Crippen LogP contribution in [0.2, 0.25) is 0 Å². The van der Waals surface area contributed by atoms with Crippen molar-refractivity contribution in [3.8, 4) is 0 Å². The van der Waals surface area contributed by atoms with Crippen LogP contribution in [-0.4, -0.2) is 35.9 Å². The molecule has 1 aromatic carbocycles. The third kappa shape index (κ3) is 3.10. The van der Waals surface area contributed by atoms with Gasteiger partial charge in [-0.3, -0.25) is 0 Å². The molecule has 1 saturated heterocycles. The highest BCUT2D eigenvalue weighted by atomic mass is 16.3. The highest BCUT2D eigenvalue weighted by molar-refractivity contribution is 5.53.